The number of aryl methyl sites for hydroxylation is 3. The van der Waals surface area contributed by atoms with E-state index in [-0.39, 0.29) is 16.2 Å². The van der Waals surface area contributed by atoms with Gasteiger partial charge in [0.25, 0.3) is 0 Å². The summed E-state index contributed by atoms with van der Waals surface area (Å²) in [6, 6.07) is 30.8. The highest BCUT2D eigenvalue weighted by Crippen LogP contribution is 2.58. The summed E-state index contributed by atoms with van der Waals surface area (Å²) in [4.78, 5) is 0. The molecule has 15 aromatic rings. The molecule has 0 aromatic heterocycles. The highest BCUT2D eigenvalue weighted by Gasteiger charge is 2.34. The van der Waals surface area contributed by atoms with Gasteiger partial charge in [0.15, 0.2) is 0 Å². The van der Waals surface area contributed by atoms with Crippen molar-refractivity contribution in [2.75, 3.05) is 0 Å². The first-order valence-electron chi connectivity index (χ1n) is 46.0. The van der Waals surface area contributed by atoms with Crippen LogP contribution in [-0.4, -0.2) is 0 Å². The molecule has 0 spiro atoms. The van der Waals surface area contributed by atoms with Crippen LogP contribution >= 0.6 is 0 Å². The van der Waals surface area contributed by atoms with E-state index >= 15 is 0 Å². The normalized spacial score (nSPS) is 18.5. The van der Waals surface area contributed by atoms with Gasteiger partial charge < -0.3 is 0 Å². The molecule has 20 rings (SSSR count). The Labute approximate surface area is 744 Å². The van der Waals surface area contributed by atoms with E-state index < -0.39 is 0 Å². The summed E-state index contributed by atoms with van der Waals surface area (Å²) in [7, 11) is 0. The zero-order valence-corrected chi connectivity index (χ0v) is 77.6. The number of hydrogen-bond donors (Lipinski definition) is 0. The second kappa shape index (κ2) is 30.6. The predicted octanol–water partition coefficient (Wildman–Crippen LogP) is 34.5. The Balaban J connectivity index is 0.820. The zero-order chi connectivity index (χ0) is 87.7. The average molecular weight is 1630 g/mol. The highest BCUT2D eigenvalue weighted by atomic mass is 14.4. The minimum Gasteiger partial charge on any atom is -0.0988 e. The van der Waals surface area contributed by atoms with Gasteiger partial charge in [-0.05, 0) is 456 Å². The van der Waals surface area contributed by atoms with Crippen molar-refractivity contribution in [1.29, 1.82) is 0 Å². The summed E-state index contributed by atoms with van der Waals surface area (Å²) in [5.41, 5.74) is 29.4. The zero-order valence-electron chi connectivity index (χ0n) is 77.6. The first-order valence-corrected chi connectivity index (χ1v) is 46.0. The van der Waals surface area contributed by atoms with Crippen LogP contribution in [0.25, 0.3) is 186 Å². The molecular weight excluding hydrogens is 1510 g/mol. The first-order chi connectivity index (χ1) is 60.5. The standard InChI is InChI=1S/C126H116/c1-22-84-59-87-51-52-97-95(46-28-40-72(4)34-25-37-75(7)49-54-105-78(10)43-31-57-125(105,18)19)101-69-94-70-103-96(47-29-41-73(5)35-26-38-76(8)50-55-106-79(11)44-32-58-126(106,20)21)102-68-93-67-100-86(45-27-39-71(3)33-24-36-74(6)48-53-104-77(9)42-30-56-124(104,16)17)61-88-60-85(23-2)81(13)108-82(14)98-65-92-64-90-62-89-63-91-66-99-83(15)107(80(84)12)109(87)117(97)119(99)123(101)113(91)111(94)112(89)121(103)116(90)122(102)114(92)115(93)118(98)120(100)110(88)108/h22-55,59,62-70H,2,56-58,60-61H2,1,3-21H3. The van der Waals surface area contributed by atoms with Gasteiger partial charge in [-0.15, -0.1) is 0 Å². The summed E-state index contributed by atoms with van der Waals surface area (Å²) in [5.74, 6) is 0. The molecule has 0 radical (unpaired) electrons. The third-order valence-electron chi connectivity index (χ3n) is 29.9. The molecule has 620 valence electrons. The Bertz CT molecular complexity index is 8310. The SMILES string of the molecule is C=CC1=C(C)c2c(C)c3cc4cc5cc6cc7cc8c(C)c9c(C)c(=CC)cc%10ccc%11c(C=CC=C(C)C=CC=C(C)C=CC%12=C(C)C=CCC%12(C)C)c%12cc%13cc%14c(C=CC=C(C)C=CC=C(C)C=CC%15=C(C)C=CCC%15(C)C)c%15cc%16cc%17c(c2=C(C1)CC=%17C=CC=C(C)C=CC=C(C)C=CC1=C(C)C=CCC1(C)C)c3c%16c4c%15c5c%14c6c%13c7c%12c8c%11c%109. The fraction of sp³-hybridized carbons (Fsp3) is 0.222. The molecule has 0 aliphatic heterocycles. The van der Waals surface area contributed by atoms with Gasteiger partial charge in [0.05, 0.1) is 0 Å². The van der Waals surface area contributed by atoms with E-state index in [0.29, 0.717) is 0 Å². The number of benzene rings is 15. The largest absolute Gasteiger partial charge is 0.0988 e. The second-order valence-corrected chi connectivity index (χ2v) is 39.9. The maximum atomic E-state index is 4.48. The maximum Gasteiger partial charge on any atom is -0.000730 e. The molecule has 0 saturated carbocycles. The summed E-state index contributed by atoms with van der Waals surface area (Å²) < 4.78 is 0. The van der Waals surface area contributed by atoms with Gasteiger partial charge >= 0.3 is 0 Å². The molecule has 0 nitrogen and oxygen atoms in total. The summed E-state index contributed by atoms with van der Waals surface area (Å²) in [6.07, 6.45) is 78.4. The molecule has 0 heteroatoms. The Morgan fingerprint density at radius 3 is 1.15 bits per heavy atom. The van der Waals surface area contributed by atoms with Crippen molar-refractivity contribution in [1.82, 2.24) is 0 Å². The second-order valence-electron chi connectivity index (χ2n) is 39.9. The van der Waals surface area contributed by atoms with Crippen molar-refractivity contribution in [2.45, 2.75) is 171 Å². The molecule has 0 saturated heterocycles. The molecule has 126 heavy (non-hydrogen) atoms. The van der Waals surface area contributed by atoms with Crippen LogP contribution in [0, 0.1) is 37.0 Å². The van der Waals surface area contributed by atoms with E-state index in [2.05, 4.69) is 412 Å². The molecule has 0 N–H and O–H groups in total. The van der Waals surface area contributed by atoms with Crippen LogP contribution in [0.5, 0.6) is 0 Å². The van der Waals surface area contributed by atoms with Crippen molar-refractivity contribution in [2.24, 2.45) is 16.2 Å². The van der Waals surface area contributed by atoms with Crippen LogP contribution < -0.4 is 15.7 Å². The highest BCUT2D eigenvalue weighted by molar-refractivity contribution is 6.51. The Morgan fingerprint density at radius 2 is 0.683 bits per heavy atom. The molecule has 0 amide bonds. The summed E-state index contributed by atoms with van der Waals surface area (Å²) >= 11 is 0. The van der Waals surface area contributed by atoms with Crippen LogP contribution in [0.15, 0.2) is 328 Å². The molecule has 0 heterocycles. The molecule has 0 fully saturated rings. The monoisotopic (exact) mass is 1630 g/mol. The fourth-order valence-corrected chi connectivity index (χ4v) is 23.5. The van der Waals surface area contributed by atoms with Crippen molar-refractivity contribution in [3.8, 4) is 0 Å². The Hall–Kier alpha value is -12.7. The predicted molar refractivity (Wildman–Crippen MR) is 562 cm³/mol. The smallest absolute Gasteiger partial charge is 0.000730 e. The van der Waals surface area contributed by atoms with Gasteiger partial charge in [-0.3, -0.25) is 0 Å². The lowest BCUT2D eigenvalue weighted by Crippen LogP contribution is -2.29. The lowest BCUT2D eigenvalue weighted by Gasteiger charge is -2.30. The average Bonchev–Trinajstić information content (AvgIpc) is 0.657. The minimum atomic E-state index is 0.107. The van der Waals surface area contributed by atoms with Gasteiger partial charge in [-0.1, -0.05) is 294 Å². The quantitative estimate of drug-likeness (QED) is 0.0430. The van der Waals surface area contributed by atoms with Crippen molar-refractivity contribution in [3.63, 3.8) is 0 Å². The topological polar surface area (TPSA) is 0 Å². The van der Waals surface area contributed by atoms with Crippen LogP contribution in [-0.2, 0) is 0 Å². The third-order valence-corrected chi connectivity index (χ3v) is 29.9. The molecule has 5 aliphatic carbocycles. The van der Waals surface area contributed by atoms with Crippen LogP contribution in [0.4, 0.5) is 0 Å². The fourth-order valence-electron chi connectivity index (χ4n) is 23.5. The van der Waals surface area contributed by atoms with Crippen molar-refractivity contribution < 1.29 is 0 Å². The van der Waals surface area contributed by atoms with Gasteiger partial charge in [0.2, 0.25) is 0 Å². The lowest BCUT2D eigenvalue weighted by atomic mass is 9.73. The Morgan fingerprint density at radius 1 is 0.325 bits per heavy atom. The molecular formula is C126H116. The van der Waals surface area contributed by atoms with Crippen LogP contribution in [0.2, 0.25) is 0 Å². The molecule has 0 atom stereocenters. The number of rotatable bonds is 19. The van der Waals surface area contributed by atoms with E-state index in [4.69, 9.17) is 0 Å². The molecule has 5 aliphatic rings. The third kappa shape index (κ3) is 13.0. The van der Waals surface area contributed by atoms with Gasteiger partial charge in [-0.2, -0.15) is 0 Å². The molecule has 0 bridgehead atoms. The lowest BCUT2D eigenvalue weighted by molar-refractivity contribution is 0.455. The van der Waals surface area contributed by atoms with Crippen LogP contribution in [0.1, 0.15) is 183 Å². The summed E-state index contributed by atoms with van der Waals surface area (Å²) in [6.45, 7) is 50.4. The van der Waals surface area contributed by atoms with Crippen molar-refractivity contribution in [3.05, 3.63) is 377 Å². The minimum absolute atomic E-state index is 0.107. The van der Waals surface area contributed by atoms with Gasteiger partial charge in [-0.25, -0.2) is 0 Å². The number of allylic oxidation sites excluding steroid dienone is 43. The van der Waals surface area contributed by atoms with E-state index in [1.165, 1.54) is 289 Å². The molecule has 15 aromatic carbocycles. The van der Waals surface area contributed by atoms with Gasteiger partial charge in [0.1, 0.15) is 0 Å². The van der Waals surface area contributed by atoms with Crippen LogP contribution in [0.3, 0.4) is 0 Å². The maximum absolute atomic E-state index is 4.48. The van der Waals surface area contributed by atoms with Crippen molar-refractivity contribution >= 4 is 186 Å². The van der Waals surface area contributed by atoms with E-state index in [0.717, 1.165) is 32.1 Å². The first kappa shape index (κ1) is 81.6. The van der Waals surface area contributed by atoms with E-state index in [1.807, 2.05) is 0 Å². The Kier molecular flexibility index (Phi) is 19.8. The summed E-state index contributed by atoms with van der Waals surface area (Å²) in [5, 5.41) is 41.6. The van der Waals surface area contributed by atoms with E-state index in [1.54, 1.807) is 0 Å². The molecule has 0 unspecified atom stereocenters. The van der Waals surface area contributed by atoms with Gasteiger partial charge in [0, 0.05) is 0 Å². The van der Waals surface area contributed by atoms with E-state index in [9.17, 15) is 0 Å². The number of hydrogen-bond acceptors (Lipinski definition) is 0.